The molecule has 1 aliphatic carbocycles. The van der Waals surface area contributed by atoms with Crippen molar-refractivity contribution in [2.75, 3.05) is 24.6 Å². The monoisotopic (exact) mass is 567 g/mol. The number of carbonyl (C=O) groups excluding carboxylic acids is 1. The van der Waals surface area contributed by atoms with Crippen molar-refractivity contribution >= 4 is 11.7 Å². The summed E-state index contributed by atoms with van der Waals surface area (Å²) < 4.78 is 5.19. The Bertz CT molecular complexity index is 1290. The van der Waals surface area contributed by atoms with E-state index in [0.717, 1.165) is 31.0 Å². The lowest BCUT2D eigenvalue weighted by atomic mass is 9.82. The summed E-state index contributed by atoms with van der Waals surface area (Å²) in [4.78, 5) is 14.7. The van der Waals surface area contributed by atoms with Crippen LogP contribution in [0, 0.1) is 5.92 Å². The summed E-state index contributed by atoms with van der Waals surface area (Å²) in [5, 5.41) is 0. The van der Waals surface area contributed by atoms with Crippen molar-refractivity contribution in [3.05, 3.63) is 77.4 Å². The van der Waals surface area contributed by atoms with Crippen LogP contribution in [0.3, 0.4) is 0 Å². The van der Waals surface area contributed by atoms with Gasteiger partial charge >= 0.3 is 5.97 Å². The lowest BCUT2D eigenvalue weighted by molar-refractivity contribution is 0.0526. The molecule has 4 rings (SSSR count). The molecule has 0 heterocycles. The third-order valence-corrected chi connectivity index (χ3v) is 9.09. The fourth-order valence-electron chi connectivity index (χ4n) is 6.62. The van der Waals surface area contributed by atoms with Gasteiger partial charge in [-0.05, 0) is 109 Å². The van der Waals surface area contributed by atoms with Gasteiger partial charge in [-0.2, -0.15) is 0 Å². The number of hydrogen-bond acceptors (Lipinski definition) is 3. The molecule has 0 unspecified atom stereocenters. The average molecular weight is 568 g/mol. The molecule has 1 aliphatic rings. The molecule has 0 amide bonds. The van der Waals surface area contributed by atoms with Crippen LogP contribution in [-0.4, -0.2) is 25.7 Å². The number of esters is 1. The van der Waals surface area contributed by atoms with E-state index in [0.29, 0.717) is 12.2 Å². The van der Waals surface area contributed by atoms with Gasteiger partial charge in [-0.3, -0.25) is 0 Å². The molecule has 0 bridgehead atoms. The summed E-state index contributed by atoms with van der Waals surface area (Å²) >= 11 is 0. The van der Waals surface area contributed by atoms with Crippen molar-refractivity contribution in [2.24, 2.45) is 5.92 Å². The highest BCUT2D eigenvalue weighted by atomic mass is 16.5. The third-order valence-electron chi connectivity index (χ3n) is 9.09. The van der Waals surface area contributed by atoms with Crippen LogP contribution >= 0.6 is 0 Å². The van der Waals surface area contributed by atoms with E-state index in [9.17, 15) is 4.79 Å². The van der Waals surface area contributed by atoms with E-state index in [1.165, 1.54) is 84.9 Å². The van der Waals surface area contributed by atoms with Gasteiger partial charge in [0.2, 0.25) is 0 Å². The van der Waals surface area contributed by atoms with E-state index in [4.69, 9.17) is 4.74 Å². The van der Waals surface area contributed by atoms with E-state index in [2.05, 4.69) is 75.9 Å². The second kappa shape index (κ2) is 14.9. The Morgan fingerprint density at radius 2 is 1.48 bits per heavy atom. The zero-order valence-electron chi connectivity index (χ0n) is 27.1. The molecule has 3 aromatic carbocycles. The number of nitrogens with zero attached hydrogens (tertiary/aromatic N) is 1. The highest BCUT2D eigenvalue weighted by Crippen LogP contribution is 2.38. The number of ether oxygens (including phenoxy) is 1. The molecule has 1 fully saturated rings. The van der Waals surface area contributed by atoms with Crippen LogP contribution in [0.5, 0.6) is 0 Å². The SMILES string of the molecule is CCOC(=O)c1ccc(-c2ccc(CCCCC3CCCCC3)c(-c3ccc(N(CC)CC)c(C(C)(C)C)c3)c2)cc1. The van der Waals surface area contributed by atoms with Gasteiger partial charge in [0.15, 0.2) is 0 Å². The number of hydrogen-bond donors (Lipinski definition) is 0. The maximum Gasteiger partial charge on any atom is 0.338 e. The van der Waals surface area contributed by atoms with E-state index < -0.39 is 0 Å². The van der Waals surface area contributed by atoms with Crippen LogP contribution in [0.15, 0.2) is 60.7 Å². The van der Waals surface area contributed by atoms with Crippen LogP contribution in [0.25, 0.3) is 22.3 Å². The summed E-state index contributed by atoms with van der Waals surface area (Å²) in [6, 6.07) is 21.9. The van der Waals surface area contributed by atoms with Gasteiger partial charge in [-0.25, -0.2) is 4.79 Å². The average Bonchev–Trinajstić information content (AvgIpc) is 3.00. The summed E-state index contributed by atoms with van der Waals surface area (Å²) in [5.74, 6) is 0.677. The molecule has 0 aromatic heterocycles. The zero-order valence-corrected chi connectivity index (χ0v) is 27.1. The number of carbonyl (C=O) groups is 1. The van der Waals surface area contributed by atoms with Gasteiger partial charge in [0, 0.05) is 18.8 Å². The molecule has 0 aliphatic heterocycles. The predicted octanol–water partition coefficient (Wildman–Crippen LogP) is 10.6. The molecule has 226 valence electrons. The molecule has 1 saturated carbocycles. The Balaban J connectivity index is 1.68. The number of unbranched alkanes of at least 4 members (excludes halogenated alkanes) is 1. The van der Waals surface area contributed by atoms with Gasteiger partial charge in [0.05, 0.1) is 12.2 Å². The van der Waals surface area contributed by atoms with Crippen LogP contribution in [-0.2, 0) is 16.6 Å². The first-order valence-electron chi connectivity index (χ1n) is 16.6. The minimum absolute atomic E-state index is 0.0363. The first kappa shape index (κ1) is 31.9. The fraction of sp³-hybridized carbons (Fsp3) is 0.513. The topological polar surface area (TPSA) is 29.5 Å². The molecule has 0 atom stereocenters. The lowest BCUT2D eigenvalue weighted by Gasteiger charge is -2.31. The molecular weight excluding hydrogens is 514 g/mol. The number of anilines is 1. The maximum absolute atomic E-state index is 12.2. The molecule has 3 aromatic rings. The second-order valence-electron chi connectivity index (χ2n) is 13.1. The summed E-state index contributed by atoms with van der Waals surface area (Å²) in [6.45, 7) is 15.7. The van der Waals surface area contributed by atoms with Gasteiger partial charge in [-0.15, -0.1) is 0 Å². The number of aryl methyl sites for hydroxylation is 1. The Morgan fingerprint density at radius 1 is 0.810 bits per heavy atom. The van der Waals surface area contributed by atoms with Crippen molar-refractivity contribution in [3.63, 3.8) is 0 Å². The molecule has 3 nitrogen and oxygen atoms in total. The van der Waals surface area contributed by atoms with E-state index in [1.54, 1.807) is 0 Å². The normalized spacial score (nSPS) is 14.1. The van der Waals surface area contributed by atoms with Gasteiger partial charge < -0.3 is 9.64 Å². The molecule has 0 radical (unpaired) electrons. The first-order valence-corrected chi connectivity index (χ1v) is 16.6. The van der Waals surface area contributed by atoms with Crippen LogP contribution < -0.4 is 4.90 Å². The Labute approximate surface area is 255 Å². The van der Waals surface area contributed by atoms with Crippen LogP contribution in [0.2, 0.25) is 0 Å². The van der Waals surface area contributed by atoms with Gasteiger partial charge in [0.1, 0.15) is 0 Å². The van der Waals surface area contributed by atoms with Gasteiger partial charge in [-0.1, -0.05) is 96.0 Å². The van der Waals surface area contributed by atoms with Crippen molar-refractivity contribution in [3.8, 4) is 22.3 Å². The number of rotatable bonds is 12. The van der Waals surface area contributed by atoms with Crippen molar-refractivity contribution < 1.29 is 9.53 Å². The van der Waals surface area contributed by atoms with E-state index in [-0.39, 0.29) is 11.4 Å². The fourth-order valence-corrected chi connectivity index (χ4v) is 6.62. The summed E-state index contributed by atoms with van der Waals surface area (Å²) in [5.41, 5.74) is 9.72. The predicted molar refractivity (Wildman–Crippen MR) is 180 cm³/mol. The Hall–Kier alpha value is -3.07. The standard InChI is InChI=1S/C39H53NO2/c1-7-40(8-2)37-26-25-34(28-36(37)39(4,5)6)35-27-33(30-19-22-32(23-20-30)38(41)42-9-3)24-21-31(35)18-14-13-17-29-15-11-10-12-16-29/h19-29H,7-18H2,1-6H3. The molecule has 42 heavy (non-hydrogen) atoms. The molecular formula is C39H53NO2. The first-order chi connectivity index (χ1) is 20.2. The molecule has 0 spiro atoms. The van der Waals surface area contributed by atoms with Crippen LogP contribution in [0.4, 0.5) is 5.69 Å². The van der Waals surface area contributed by atoms with E-state index in [1.807, 2.05) is 31.2 Å². The largest absolute Gasteiger partial charge is 0.462 e. The number of benzene rings is 3. The Morgan fingerprint density at radius 3 is 2.12 bits per heavy atom. The highest BCUT2D eigenvalue weighted by molar-refractivity contribution is 5.90. The zero-order chi connectivity index (χ0) is 30.1. The quantitative estimate of drug-likeness (QED) is 0.161. The highest BCUT2D eigenvalue weighted by Gasteiger charge is 2.22. The summed E-state index contributed by atoms with van der Waals surface area (Å²) in [7, 11) is 0. The molecule has 0 N–H and O–H groups in total. The lowest BCUT2D eigenvalue weighted by Crippen LogP contribution is -2.26. The van der Waals surface area contributed by atoms with Crippen molar-refractivity contribution in [1.82, 2.24) is 0 Å². The molecule has 0 saturated heterocycles. The van der Waals surface area contributed by atoms with Crippen molar-refractivity contribution in [2.45, 2.75) is 105 Å². The Kier molecular flexibility index (Phi) is 11.3. The smallest absolute Gasteiger partial charge is 0.338 e. The van der Waals surface area contributed by atoms with Gasteiger partial charge in [0.25, 0.3) is 0 Å². The van der Waals surface area contributed by atoms with E-state index >= 15 is 0 Å². The second-order valence-corrected chi connectivity index (χ2v) is 13.1. The van der Waals surface area contributed by atoms with Crippen LogP contribution in [0.1, 0.15) is 114 Å². The minimum atomic E-state index is -0.267. The maximum atomic E-state index is 12.2. The molecule has 3 heteroatoms. The third kappa shape index (κ3) is 8.06. The van der Waals surface area contributed by atoms with Crippen molar-refractivity contribution in [1.29, 1.82) is 0 Å². The minimum Gasteiger partial charge on any atom is -0.462 e. The summed E-state index contributed by atoms with van der Waals surface area (Å²) in [6.07, 6.45) is 12.2.